The van der Waals surface area contributed by atoms with Crippen molar-refractivity contribution < 1.29 is 4.79 Å². The van der Waals surface area contributed by atoms with E-state index in [4.69, 9.17) is 0 Å². The van der Waals surface area contributed by atoms with Crippen molar-refractivity contribution in [3.8, 4) is 0 Å². The molecule has 2 rings (SSSR count). The number of carbonyl (C=O) groups excluding carboxylic acids is 1. The summed E-state index contributed by atoms with van der Waals surface area (Å²) in [5.41, 5.74) is 0.767. The maximum atomic E-state index is 11.7. The van der Waals surface area contributed by atoms with Crippen LogP contribution in [0.1, 0.15) is 13.8 Å². The lowest BCUT2D eigenvalue weighted by atomic mass is 10.0. The molecule has 2 amide bonds. The first-order valence-electron chi connectivity index (χ1n) is 4.84. The minimum absolute atomic E-state index is 0.0256. The van der Waals surface area contributed by atoms with Crippen LogP contribution in [0.4, 0.5) is 10.5 Å². The van der Waals surface area contributed by atoms with E-state index in [0.29, 0.717) is 6.54 Å². The lowest BCUT2D eigenvalue weighted by molar-refractivity contribution is 0.251. The number of anilines is 1. The zero-order chi connectivity index (χ0) is 11.1. The zero-order valence-electron chi connectivity index (χ0n) is 8.75. The van der Waals surface area contributed by atoms with Gasteiger partial charge >= 0.3 is 6.03 Å². The maximum Gasteiger partial charge on any atom is 0.322 e. The quantitative estimate of drug-likeness (QED) is 0.835. The molecule has 1 N–H and O–H groups in total. The van der Waals surface area contributed by atoms with Crippen LogP contribution in [-0.4, -0.2) is 18.1 Å². The minimum Gasteiger partial charge on any atom is -0.335 e. The molecule has 0 saturated carbocycles. The molecule has 0 aliphatic carbocycles. The van der Waals surface area contributed by atoms with Crippen molar-refractivity contribution in [2.75, 3.05) is 11.4 Å². The van der Waals surface area contributed by atoms with Gasteiger partial charge in [-0.25, -0.2) is 4.79 Å². The summed E-state index contributed by atoms with van der Waals surface area (Å²) in [6.45, 7) is 4.78. The van der Waals surface area contributed by atoms with Crippen molar-refractivity contribution in [3.05, 3.63) is 28.7 Å². The highest BCUT2D eigenvalue weighted by molar-refractivity contribution is 9.10. The molecule has 0 unspecified atom stereocenters. The number of benzene rings is 1. The predicted molar refractivity (Wildman–Crippen MR) is 64.1 cm³/mol. The molecule has 0 radical (unpaired) electrons. The van der Waals surface area contributed by atoms with Gasteiger partial charge in [-0.2, -0.15) is 0 Å². The van der Waals surface area contributed by atoms with Crippen LogP contribution in [0, 0.1) is 0 Å². The van der Waals surface area contributed by atoms with Crippen molar-refractivity contribution in [3.63, 3.8) is 0 Å². The molecule has 4 heteroatoms. The van der Waals surface area contributed by atoms with Crippen LogP contribution in [0.3, 0.4) is 0 Å². The van der Waals surface area contributed by atoms with E-state index in [2.05, 4.69) is 21.2 Å². The van der Waals surface area contributed by atoms with Crippen LogP contribution in [0.25, 0.3) is 0 Å². The van der Waals surface area contributed by atoms with Gasteiger partial charge in [0.1, 0.15) is 0 Å². The average Bonchev–Trinajstić information content (AvgIpc) is 2.43. The fourth-order valence-corrected chi connectivity index (χ4v) is 2.05. The Hall–Kier alpha value is -1.03. The third-order valence-electron chi connectivity index (χ3n) is 2.57. The fraction of sp³-hybridized carbons (Fsp3) is 0.364. The predicted octanol–water partition coefficient (Wildman–Crippen LogP) is 2.76. The Kier molecular flexibility index (Phi) is 2.46. The molecule has 1 aromatic rings. The molecule has 1 saturated heterocycles. The molecule has 15 heavy (non-hydrogen) atoms. The van der Waals surface area contributed by atoms with Crippen LogP contribution in [-0.2, 0) is 0 Å². The number of hydrogen-bond donors (Lipinski definition) is 1. The summed E-state index contributed by atoms with van der Waals surface area (Å²) in [5, 5.41) is 2.85. The van der Waals surface area contributed by atoms with Crippen molar-refractivity contribution >= 4 is 27.6 Å². The summed E-state index contributed by atoms with van der Waals surface area (Å²) in [4.78, 5) is 13.5. The highest BCUT2D eigenvalue weighted by Crippen LogP contribution is 2.28. The van der Waals surface area contributed by atoms with Crippen LogP contribution >= 0.6 is 15.9 Å². The number of nitrogens with zero attached hydrogens (tertiary/aromatic N) is 1. The van der Waals surface area contributed by atoms with E-state index in [1.165, 1.54) is 0 Å². The van der Waals surface area contributed by atoms with Gasteiger partial charge in [-0.1, -0.05) is 15.9 Å². The van der Waals surface area contributed by atoms with Crippen molar-refractivity contribution in [1.29, 1.82) is 0 Å². The number of carbonyl (C=O) groups is 1. The normalized spacial score (nSPS) is 19.1. The molecule has 1 aromatic carbocycles. The molecule has 3 nitrogen and oxygen atoms in total. The summed E-state index contributed by atoms with van der Waals surface area (Å²) >= 11 is 3.38. The molecule has 0 aromatic heterocycles. The molecule has 0 atom stereocenters. The molecule has 0 bridgehead atoms. The second-order valence-electron chi connectivity index (χ2n) is 4.28. The second-order valence-corrected chi connectivity index (χ2v) is 5.20. The average molecular weight is 269 g/mol. The first-order valence-corrected chi connectivity index (χ1v) is 5.64. The number of halogens is 1. The number of nitrogens with one attached hydrogen (secondary N) is 1. The lowest BCUT2D eigenvalue weighted by Gasteiger charge is -2.29. The number of rotatable bonds is 1. The zero-order valence-corrected chi connectivity index (χ0v) is 10.3. The summed E-state index contributed by atoms with van der Waals surface area (Å²) in [6, 6.07) is 7.74. The van der Waals surface area contributed by atoms with Gasteiger partial charge in [-0.3, -0.25) is 4.90 Å². The van der Waals surface area contributed by atoms with Gasteiger partial charge in [0.2, 0.25) is 0 Å². The van der Waals surface area contributed by atoms with E-state index in [1.807, 2.05) is 38.1 Å². The SMILES string of the molecule is CC1(C)CNC(=O)N1c1ccc(Br)cc1. The van der Waals surface area contributed by atoms with E-state index in [9.17, 15) is 4.79 Å². The monoisotopic (exact) mass is 268 g/mol. The van der Waals surface area contributed by atoms with Crippen LogP contribution in [0.2, 0.25) is 0 Å². The number of amides is 2. The van der Waals surface area contributed by atoms with Gasteiger partial charge < -0.3 is 5.32 Å². The van der Waals surface area contributed by atoms with E-state index in [1.54, 1.807) is 4.90 Å². The van der Waals surface area contributed by atoms with Gasteiger partial charge in [0, 0.05) is 16.7 Å². The van der Waals surface area contributed by atoms with Crippen LogP contribution in [0.15, 0.2) is 28.7 Å². The van der Waals surface area contributed by atoms with Gasteiger partial charge in [0.25, 0.3) is 0 Å². The Labute approximate surface area is 97.6 Å². The summed E-state index contributed by atoms with van der Waals surface area (Å²) in [6.07, 6.45) is 0. The highest BCUT2D eigenvalue weighted by Gasteiger charge is 2.38. The van der Waals surface area contributed by atoms with Gasteiger partial charge in [-0.15, -0.1) is 0 Å². The van der Waals surface area contributed by atoms with Crippen LogP contribution in [0.5, 0.6) is 0 Å². The first-order chi connectivity index (χ1) is 7.00. The van der Waals surface area contributed by atoms with Crippen molar-refractivity contribution in [1.82, 2.24) is 5.32 Å². The van der Waals surface area contributed by atoms with Crippen molar-refractivity contribution in [2.24, 2.45) is 0 Å². The Morgan fingerprint density at radius 2 is 1.93 bits per heavy atom. The number of hydrogen-bond acceptors (Lipinski definition) is 1. The molecular formula is C11H13BrN2O. The Morgan fingerprint density at radius 3 is 2.40 bits per heavy atom. The standard InChI is InChI=1S/C11H13BrN2O/c1-11(2)7-13-10(15)14(11)9-5-3-8(12)4-6-9/h3-6H,7H2,1-2H3,(H,13,15). The lowest BCUT2D eigenvalue weighted by Crippen LogP contribution is -2.42. The molecular weight excluding hydrogens is 256 g/mol. The van der Waals surface area contributed by atoms with Gasteiger partial charge in [0.05, 0.1) is 5.54 Å². The second kappa shape index (κ2) is 3.52. The Balaban J connectivity index is 2.37. The third kappa shape index (κ3) is 1.86. The maximum absolute atomic E-state index is 11.7. The summed E-state index contributed by atoms with van der Waals surface area (Å²) in [5.74, 6) is 0. The molecule has 0 spiro atoms. The van der Waals surface area contributed by atoms with Gasteiger partial charge in [0.15, 0.2) is 0 Å². The fourth-order valence-electron chi connectivity index (χ4n) is 1.78. The van der Waals surface area contributed by atoms with E-state index < -0.39 is 0 Å². The topological polar surface area (TPSA) is 32.3 Å². The Bertz CT molecular complexity index is 386. The smallest absolute Gasteiger partial charge is 0.322 e. The van der Waals surface area contributed by atoms with Crippen LogP contribution < -0.4 is 10.2 Å². The Morgan fingerprint density at radius 1 is 1.33 bits per heavy atom. The molecule has 1 heterocycles. The molecule has 1 fully saturated rings. The number of urea groups is 1. The minimum atomic E-state index is -0.162. The van der Waals surface area contributed by atoms with E-state index in [-0.39, 0.29) is 11.6 Å². The summed E-state index contributed by atoms with van der Waals surface area (Å²) in [7, 11) is 0. The van der Waals surface area contributed by atoms with E-state index >= 15 is 0 Å². The van der Waals surface area contributed by atoms with E-state index in [0.717, 1.165) is 10.2 Å². The molecule has 1 aliphatic rings. The highest BCUT2D eigenvalue weighted by atomic mass is 79.9. The van der Waals surface area contributed by atoms with Gasteiger partial charge in [-0.05, 0) is 38.1 Å². The largest absolute Gasteiger partial charge is 0.335 e. The summed E-state index contributed by atoms with van der Waals surface area (Å²) < 4.78 is 1.02. The third-order valence-corrected chi connectivity index (χ3v) is 3.09. The first kappa shape index (κ1) is 10.5. The van der Waals surface area contributed by atoms with Crippen molar-refractivity contribution in [2.45, 2.75) is 19.4 Å². The molecule has 1 aliphatic heterocycles. The molecule has 80 valence electrons.